The van der Waals surface area contributed by atoms with Crippen LogP contribution in [0.5, 0.6) is 0 Å². The van der Waals surface area contributed by atoms with Crippen molar-refractivity contribution < 1.29 is 0 Å². The molecule has 2 nitrogen and oxygen atoms in total. The van der Waals surface area contributed by atoms with Gasteiger partial charge in [0, 0.05) is 25.3 Å². The van der Waals surface area contributed by atoms with E-state index in [2.05, 4.69) is 41.4 Å². The zero-order chi connectivity index (χ0) is 10.7. The van der Waals surface area contributed by atoms with Gasteiger partial charge in [-0.15, -0.1) is 11.6 Å². The molecule has 1 aliphatic heterocycles. The van der Waals surface area contributed by atoms with Gasteiger partial charge in [0.2, 0.25) is 0 Å². The predicted molar refractivity (Wildman–Crippen MR) is 65.8 cm³/mol. The molecule has 0 radical (unpaired) electrons. The molecule has 1 aromatic carbocycles. The Labute approximate surface area is 96.2 Å². The predicted octanol–water partition coefficient (Wildman–Crippen LogP) is 2.09. The topological polar surface area (TPSA) is 15.3 Å². The molecule has 0 aliphatic carbocycles. The molecule has 82 valence electrons. The fraction of sp³-hybridized carbons (Fsp3) is 0.500. The molecule has 1 fully saturated rings. The van der Waals surface area contributed by atoms with Crippen molar-refractivity contribution >= 4 is 17.3 Å². The Morgan fingerprint density at radius 1 is 1.40 bits per heavy atom. The monoisotopic (exact) mass is 224 g/mol. The third-order valence-corrected chi connectivity index (χ3v) is 3.19. The molecule has 1 aromatic rings. The minimum Gasteiger partial charge on any atom is -0.365 e. The number of rotatable bonds is 2. The van der Waals surface area contributed by atoms with Gasteiger partial charge in [0.1, 0.15) is 0 Å². The summed E-state index contributed by atoms with van der Waals surface area (Å²) in [6, 6.07) is 10.9. The Balaban J connectivity index is 2.18. The Kier molecular flexibility index (Phi) is 3.49. The molecule has 0 bridgehead atoms. The molecule has 0 spiro atoms. The molecule has 0 amide bonds. The van der Waals surface area contributed by atoms with Gasteiger partial charge in [0.05, 0.1) is 11.4 Å². The lowest BCUT2D eigenvalue weighted by Crippen LogP contribution is -2.54. The van der Waals surface area contributed by atoms with Crippen LogP contribution in [0, 0.1) is 0 Å². The van der Waals surface area contributed by atoms with E-state index in [0.717, 1.165) is 19.6 Å². The average molecular weight is 225 g/mol. The van der Waals surface area contributed by atoms with Gasteiger partial charge in [-0.25, -0.2) is 0 Å². The maximum absolute atomic E-state index is 6.22. The van der Waals surface area contributed by atoms with Gasteiger partial charge in [-0.1, -0.05) is 18.2 Å². The van der Waals surface area contributed by atoms with Crippen molar-refractivity contribution in [2.45, 2.75) is 18.3 Å². The molecule has 0 saturated carbocycles. The molecular weight excluding hydrogens is 208 g/mol. The van der Waals surface area contributed by atoms with Gasteiger partial charge in [0.25, 0.3) is 0 Å². The molecule has 3 heteroatoms. The van der Waals surface area contributed by atoms with E-state index in [1.54, 1.807) is 0 Å². The molecule has 1 N–H and O–H groups in total. The quantitative estimate of drug-likeness (QED) is 0.774. The van der Waals surface area contributed by atoms with E-state index in [-0.39, 0.29) is 5.38 Å². The minimum atomic E-state index is 0.165. The van der Waals surface area contributed by atoms with Crippen molar-refractivity contribution in [3.05, 3.63) is 30.3 Å². The number of benzene rings is 1. The molecule has 1 aliphatic rings. The second-order valence-corrected chi connectivity index (χ2v) is 4.67. The number of alkyl halides is 1. The first-order chi connectivity index (χ1) is 7.29. The lowest BCUT2D eigenvalue weighted by Gasteiger charge is -2.39. The van der Waals surface area contributed by atoms with Crippen molar-refractivity contribution in [3.63, 3.8) is 0 Å². The summed E-state index contributed by atoms with van der Waals surface area (Å²) in [4.78, 5) is 2.40. The summed E-state index contributed by atoms with van der Waals surface area (Å²) < 4.78 is 0. The van der Waals surface area contributed by atoms with E-state index >= 15 is 0 Å². The summed E-state index contributed by atoms with van der Waals surface area (Å²) in [7, 11) is 0. The van der Waals surface area contributed by atoms with Crippen LogP contribution >= 0.6 is 11.6 Å². The maximum atomic E-state index is 6.22. The van der Waals surface area contributed by atoms with Gasteiger partial charge in [0.15, 0.2) is 0 Å². The molecule has 2 unspecified atom stereocenters. The second-order valence-electron chi connectivity index (χ2n) is 3.98. The van der Waals surface area contributed by atoms with E-state index in [1.807, 2.05) is 6.07 Å². The summed E-state index contributed by atoms with van der Waals surface area (Å²) in [6.07, 6.45) is 0. The maximum Gasteiger partial charge on any atom is 0.0575 e. The first-order valence-electron chi connectivity index (χ1n) is 5.45. The van der Waals surface area contributed by atoms with Crippen molar-refractivity contribution in [1.82, 2.24) is 5.32 Å². The summed E-state index contributed by atoms with van der Waals surface area (Å²) in [5, 5.41) is 3.55. The van der Waals surface area contributed by atoms with Crippen molar-refractivity contribution in [1.29, 1.82) is 0 Å². The second kappa shape index (κ2) is 4.86. The molecular formula is C12H17ClN2. The Morgan fingerprint density at radius 2 is 2.13 bits per heavy atom. The molecule has 2 rings (SSSR count). The highest BCUT2D eigenvalue weighted by molar-refractivity contribution is 6.21. The van der Waals surface area contributed by atoms with Crippen LogP contribution in [0.2, 0.25) is 0 Å². The van der Waals surface area contributed by atoms with Crippen LogP contribution in [-0.2, 0) is 0 Å². The van der Waals surface area contributed by atoms with Crippen LogP contribution in [0.4, 0.5) is 5.69 Å². The third kappa shape index (κ3) is 2.44. The summed E-state index contributed by atoms with van der Waals surface area (Å²) in [5.41, 5.74) is 1.27. The summed E-state index contributed by atoms with van der Waals surface area (Å²) in [5.74, 6) is 0. The fourth-order valence-corrected chi connectivity index (χ4v) is 2.30. The molecule has 1 saturated heterocycles. The number of hydrogen-bond acceptors (Lipinski definition) is 2. The van der Waals surface area contributed by atoms with Crippen LogP contribution in [0.1, 0.15) is 6.92 Å². The first-order valence-corrected chi connectivity index (χ1v) is 5.89. The molecule has 2 atom stereocenters. The van der Waals surface area contributed by atoms with Crippen LogP contribution in [0.25, 0.3) is 0 Å². The van der Waals surface area contributed by atoms with Crippen molar-refractivity contribution in [2.24, 2.45) is 0 Å². The molecule has 1 heterocycles. The highest BCUT2D eigenvalue weighted by atomic mass is 35.5. The Morgan fingerprint density at radius 3 is 2.80 bits per heavy atom. The summed E-state index contributed by atoms with van der Waals surface area (Å²) >= 11 is 6.22. The zero-order valence-corrected chi connectivity index (χ0v) is 9.74. The standard InChI is InChI=1S/C12H17ClN2/c1-10(13)12-9-14-7-8-15(12)11-5-3-2-4-6-11/h2-6,10,12,14H,7-9H2,1H3. The normalized spacial score (nSPS) is 23.9. The number of halogens is 1. The average Bonchev–Trinajstić information content (AvgIpc) is 2.30. The highest BCUT2D eigenvalue weighted by Gasteiger charge is 2.25. The van der Waals surface area contributed by atoms with Gasteiger partial charge in [-0.3, -0.25) is 0 Å². The smallest absolute Gasteiger partial charge is 0.0575 e. The van der Waals surface area contributed by atoms with Crippen LogP contribution in [0.15, 0.2) is 30.3 Å². The van der Waals surface area contributed by atoms with E-state index in [9.17, 15) is 0 Å². The van der Waals surface area contributed by atoms with Gasteiger partial charge < -0.3 is 10.2 Å². The first kappa shape index (κ1) is 10.8. The minimum absolute atomic E-state index is 0.165. The fourth-order valence-electron chi connectivity index (χ4n) is 2.08. The number of nitrogens with zero attached hydrogens (tertiary/aromatic N) is 1. The zero-order valence-electron chi connectivity index (χ0n) is 8.99. The molecule has 0 aromatic heterocycles. The summed E-state index contributed by atoms with van der Waals surface area (Å²) in [6.45, 7) is 5.11. The van der Waals surface area contributed by atoms with Gasteiger partial charge >= 0.3 is 0 Å². The van der Waals surface area contributed by atoms with E-state index in [4.69, 9.17) is 11.6 Å². The van der Waals surface area contributed by atoms with Crippen molar-refractivity contribution in [2.75, 3.05) is 24.5 Å². The van der Waals surface area contributed by atoms with Crippen LogP contribution in [-0.4, -0.2) is 31.1 Å². The lowest BCUT2D eigenvalue weighted by molar-refractivity contribution is 0.470. The number of nitrogens with one attached hydrogen (secondary N) is 1. The van der Waals surface area contributed by atoms with E-state index < -0.39 is 0 Å². The largest absolute Gasteiger partial charge is 0.365 e. The molecule has 15 heavy (non-hydrogen) atoms. The lowest BCUT2D eigenvalue weighted by atomic mass is 10.1. The van der Waals surface area contributed by atoms with Crippen LogP contribution in [0.3, 0.4) is 0 Å². The Bertz CT molecular complexity index is 300. The number of piperazine rings is 1. The SMILES string of the molecule is CC(Cl)C1CNCCN1c1ccccc1. The van der Waals surface area contributed by atoms with E-state index in [1.165, 1.54) is 5.69 Å². The Hall–Kier alpha value is -0.730. The van der Waals surface area contributed by atoms with Crippen LogP contribution < -0.4 is 10.2 Å². The third-order valence-electron chi connectivity index (χ3n) is 2.90. The van der Waals surface area contributed by atoms with Gasteiger partial charge in [-0.05, 0) is 19.1 Å². The number of para-hydroxylation sites is 1. The van der Waals surface area contributed by atoms with Gasteiger partial charge in [-0.2, -0.15) is 0 Å². The number of hydrogen-bond donors (Lipinski definition) is 1. The number of anilines is 1. The highest BCUT2D eigenvalue weighted by Crippen LogP contribution is 2.21. The van der Waals surface area contributed by atoms with Crippen molar-refractivity contribution in [3.8, 4) is 0 Å². The van der Waals surface area contributed by atoms with E-state index in [0.29, 0.717) is 6.04 Å².